The van der Waals surface area contributed by atoms with E-state index in [1.165, 1.54) is 28.7 Å². The fourth-order valence-corrected chi connectivity index (χ4v) is 4.41. The Labute approximate surface area is 163 Å². The van der Waals surface area contributed by atoms with E-state index in [-0.39, 0.29) is 0 Å². The van der Waals surface area contributed by atoms with Gasteiger partial charge in [-0.15, -0.1) is 12.8 Å². The molecule has 1 unspecified atom stereocenters. The Hall–Kier alpha value is -1.95. The van der Waals surface area contributed by atoms with Crippen molar-refractivity contribution in [3.63, 3.8) is 0 Å². The second-order valence-electron chi connectivity index (χ2n) is 6.83. The molecule has 0 saturated carbocycles. The Balaban J connectivity index is 0.00000117. The van der Waals surface area contributed by atoms with Crippen LogP contribution in [-0.4, -0.2) is 31.6 Å². The van der Waals surface area contributed by atoms with Gasteiger partial charge in [-0.2, -0.15) is 0 Å². The van der Waals surface area contributed by atoms with Crippen LogP contribution in [0.2, 0.25) is 5.02 Å². The summed E-state index contributed by atoms with van der Waals surface area (Å²) >= 11 is 6.40. The fraction of sp³-hybridized carbons (Fsp3) is 0.391. The van der Waals surface area contributed by atoms with Gasteiger partial charge in [0.15, 0.2) is 0 Å². The molecule has 1 aliphatic heterocycles. The Morgan fingerprint density at radius 1 is 1.31 bits per heavy atom. The number of terminal acetylenes is 1. The predicted molar refractivity (Wildman–Crippen MR) is 112 cm³/mol. The number of likely N-dealkylation sites (N-methyl/N-ethyl adjacent to an activating group) is 1. The topological polar surface area (TPSA) is 12.5 Å². The van der Waals surface area contributed by atoms with Gasteiger partial charge in [-0.1, -0.05) is 42.0 Å². The van der Waals surface area contributed by atoms with Crippen molar-refractivity contribution in [3.8, 4) is 18.6 Å². The van der Waals surface area contributed by atoms with Crippen LogP contribution in [0.15, 0.2) is 48.1 Å². The summed E-state index contributed by atoms with van der Waals surface area (Å²) in [5, 5.41) is 0.706. The van der Waals surface area contributed by atoms with Crippen molar-refractivity contribution < 1.29 is 4.74 Å². The van der Waals surface area contributed by atoms with Crippen molar-refractivity contribution >= 4 is 11.6 Å². The standard InChI is InChI=1S/C21H26ClNO.C2H2/c1-5-6-7-16-14(2)8-9-19-21(16)17-13-20(24-4)18(22)12-15(17)10-11-23(19)3;1-2/h5-7,12-13,19,21H,1,8-11H2,2-4H3;1-2H/b7-6-;/t19?,21-;/m1./s1. The van der Waals surface area contributed by atoms with Gasteiger partial charge in [-0.25, -0.2) is 0 Å². The van der Waals surface area contributed by atoms with E-state index in [4.69, 9.17) is 16.3 Å². The molecule has 0 aromatic heterocycles. The molecule has 0 amide bonds. The van der Waals surface area contributed by atoms with Gasteiger partial charge in [0.05, 0.1) is 12.1 Å². The van der Waals surface area contributed by atoms with Crippen LogP contribution in [0.25, 0.3) is 0 Å². The first-order valence-corrected chi connectivity index (χ1v) is 9.33. The molecular weight excluding hydrogens is 342 g/mol. The van der Waals surface area contributed by atoms with E-state index in [0.717, 1.165) is 25.1 Å². The lowest BCUT2D eigenvalue weighted by Crippen LogP contribution is -2.38. The highest BCUT2D eigenvalue weighted by atomic mass is 35.5. The summed E-state index contributed by atoms with van der Waals surface area (Å²) in [5.74, 6) is 1.14. The zero-order valence-corrected chi connectivity index (χ0v) is 16.7. The number of nitrogens with zero attached hydrogens (tertiary/aromatic N) is 1. The van der Waals surface area contributed by atoms with Crippen LogP contribution < -0.4 is 4.74 Å². The summed E-state index contributed by atoms with van der Waals surface area (Å²) in [5.41, 5.74) is 5.61. The van der Waals surface area contributed by atoms with Crippen molar-refractivity contribution in [1.82, 2.24) is 4.90 Å². The first-order valence-electron chi connectivity index (χ1n) is 8.95. The Kier molecular flexibility index (Phi) is 7.14. The minimum absolute atomic E-state index is 0.364. The Bertz CT molecular complexity index is 744. The van der Waals surface area contributed by atoms with E-state index in [9.17, 15) is 0 Å². The van der Waals surface area contributed by atoms with Gasteiger partial charge in [-0.05, 0) is 62.1 Å². The van der Waals surface area contributed by atoms with E-state index in [2.05, 4.69) is 62.6 Å². The van der Waals surface area contributed by atoms with Crippen LogP contribution in [0.4, 0.5) is 0 Å². The largest absolute Gasteiger partial charge is 0.495 e. The van der Waals surface area contributed by atoms with Crippen molar-refractivity contribution in [2.24, 2.45) is 0 Å². The molecule has 0 fully saturated rings. The molecule has 0 saturated heterocycles. The van der Waals surface area contributed by atoms with E-state index >= 15 is 0 Å². The number of methoxy groups -OCH3 is 1. The maximum Gasteiger partial charge on any atom is 0.137 e. The maximum absolute atomic E-state index is 6.40. The van der Waals surface area contributed by atoms with Gasteiger partial charge in [-0.3, -0.25) is 0 Å². The second-order valence-corrected chi connectivity index (χ2v) is 7.24. The van der Waals surface area contributed by atoms with E-state index < -0.39 is 0 Å². The van der Waals surface area contributed by atoms with Crippen molar-refractivity contribution in [2.75, 3.05) is 20.7 Å². The van der Waals surface area contributed by atoms with Gasteiger partial charge < -0.3 is 9.64 Å². The molecule has 1 aliphatic carbocycles. The molecule has 0 radical (unpaired) electrons. The summed E-state index contributed by atoms with van der Waals surface area (Å²) in [4.78, 5) is 2.51. The van der Waals surface area contributed by atoms with Crippen LogP contribution in [0.1, 0.15) is 36.8 Å². The molecule has 0 bridgehead atoms. The van der Waals surface area contributed by atoms with Gasteiger partial charge in [0, 0.05) is 18.5 Å². The molecule has 3 rings (SSSR count). The van der Waals surface area contributed by atoms with Crippen molar-refractivity contribution in [1.29, 1.82) is 0 Å². The number of benzene rings is 1. The molecular formula is C23H28ClNO. The summed E-state index contributed by atoms with van der Waals surface area (Å²) < 4.78 is 5.51. The summed E-state index contributed by atoms with van der Waals surface area (Å²) in [7, 11) is 3.94. The number of hydrogen-bond acceptors (Lipinski definition) is 2. The van der Waals surface area contributed by atoms with Gasteiger partial charge in [0.1, 0.15) is 5.75 Å². The second kappa shape index (κ2) is 9.12. The molecule has 2 aliphatic rings. The molecule has 1 aromatic carbocycles. The lowest BCUT2D eigenvalue weighted by molar-refractivity contribution is 0.214. The first-order chi connectivity index (χ1) is 12.6. The molecule has 1 heterocycles. The molecule has 2 nitrogen and oxygen atoms in total. The third kappa shape index (κ3) is 3.90. The van der Waals surface area contributed by atoms with Crippen LogP contribution in [0.5, 0.6) is 5.75 Å². The number of hydrogen-bond donors (Lipinski definition) is 0. The molecule has 0 N–H and O–H groups in total. The van der Waals surface area contributed by atoms with Crippen LogP contribution >= 0.6 is 11.6 Å². The molecule has 0 spiro atoms. The van der Waals surface area contributed by atoms with E-state index in [0.29, 0.717) is 17.0 Å². The zero-order valence-electron chi connectivity index (χ0n) is 16.0. The highest BCUT2D eigenvalue weighted by Gasteiger charge is 2.36. The molecule has 2 atom stereocenters. The van der Waals surface area contributed by atoms with Gasteiger partial charge in [0.25, 0.3) is 0 Å². The molecule has 3 heteroatoms. The van der Waals surface area contributed by atoms with Crippen molar-refractivity contribution in [2.45, 2.75) is 38.1 Å². The quantitative estimate of drug-likeness (QED) is 0.523. The average molecular weight is 370 g/mol. The number of rotatable bonds is 3. The van der Waals surface area contributed by atoms with Gasteiger partial charge in [0.2, 0.25) is 0 Å². The molecule has 26 heavy (non-hydrogen) atoms. The SMILES string of the molecule is C#C.C=C/C=C\C1=C(C)CCC2[C@H]1c1cc(OC)c(Cl)cc1CCN2C. The van der Waals surface area contributed by atoms with Crippen LogP contribution in [0, 0.1) is 12.8 Å². The Morgan fingerprint density at radius 2 is 2.04 bits per heavy atom. The van der Waals surface area contributed by atoms with E-state index in [1.54, 1.807) is 7.11 Å². The number of allylic oxidation sites excluding steroid dienone is 4. The summed E-state index contributed by atoms with van der Waals surface area (Å²) in [6.45, 7) is 7.16. The van der Waals surface area contributed by atoms with Crippen LogP contribution in [0.3, 0.4) is 0 Å². The summed E-state index contributed by atoms with van der Waals surface area (Å²) in [6, 6.07) is 4.78. The third-order valence-corrected chi connectivity index (χ3v) is 5.78. The minimum atomic E-state index is 0.364. The lowest BCUT2D eigenvalue weighted by Gasteiger charge is -2.38. The Morgan fingerprint density at radius 3 is 2.69 bits per heavy atom. The molecule has 138 valence electrons. The average Bonchev–Trinajstić information content (AvgIpc) is 2.79. The normalized spacial score (nSPS) is 22.7. The first kappa shape index (κ1) is 20.4. The van der Waals surface area contributed by atoms with Gasteiger partial charge >= 0.3 is 0 Å². The maximum atomic E-state index is 6.40. The smallest absolute Gasteiger partial charge is 0.137 e. The predicted octanol–water partition coefficient (Wildman–Crippen LogP) is 5.39. The number of fused-ring (bicyclic) bond motifs is 3. The van der Waals surface area contributed by atoms with Crippen LogP contribution in [-0.2, 0) is 6.42 Å². The monoisotopic (exact) mass is 369 g/mol. The molecule has 1 aromatic rings. The summed E-state index contributed by atoms with van der Waals surface area (Å²) in [6.07, 6.45) is 17.5. The minimum Gasteiger partial charge on any atom is -0.495 e. The number of halogens is 1. The lowest BCUT2D eigenvalue weighted by atomic mass is 9.74. The number of ether oxygens (including phenoxy) is 1. The highest BCUT2D eigenvalue weighted by molar-refractivity contribution is 6.32. The van der Waals surface area contributed by atoms with Crippen molar-refractivity contribution in [3.05, 3.63) is 64.2 Å². The zero-order chi connectivity index (χ0) is 19.3. The third-order valence-electron chi connectivity index (χ3n) is 5.49. The fourth-order valence-electron chi connectivity index (χ4n) is 4.15. The van der Waals surface area contributed by atoms with E-state index in [1.807, 2.05) is 6.08 Å². The highest BCUT2D eigenvalue weighted by Crippen LogP contribution is 2.45.